The van der Waals surface area contributed by atoms with Gasteiger partial charge in [0.15, 0.2) is 0 Å². The Hall–Kier alpha value is -1.71. The second-order valence-corrected chi connectivity index (χ2v) is 5.04. The zero-order valence-corrected chi connectivity index (χ0v) is 12.2. The van der Waals surface area contributed by atoms with Gasteiger partial charge in [0.1, 0.15) is 11.5 Å². The van der Waals surface area contributed by atoms with Crippen molar-refractivity contribution in [1.29, 1.82) is 0 Å². The monoisotopic (exact) mass is 266 g/mol. The Morgan fingerprint density at radius 3 is 2.32 bits per heavy atom. The van der Waals surface area contributed by atoms with Crippen molar-refractivity contribution >= 4 is 5.97 Å². The van der Waals surface area contributed by atoms with Crippen molar-refractivity contribution < 1.29 is 19.4 Å². The predicted molar refractivity (Wildman–Crippen MR) is 74.1 cm³/mol. The third-order valence-electron chi connectivity index (χ3n) is 3.19. The van der Waals surface area contributed by atoms with Crippen LogP contribution in [0.2, 0.25) is 0 Å². The molecular weight excluding hydrogens is 244 g/mol. The Morgan fingerprint density at radius 2 is 1.89 bits per heavy atom. The fraction of sp³-hybridized carbons (Fsp3) is 0.533. The summed E-state index contributed by atoms with van der Waals surface area (Å²) < 4.78 is 10.6. The first-order valence-corrected chi connectivity index (χ1v) is 6.36. The third-order valence-corrected chi connectivity index (χ3v) is 3.19. The van der Waals surface area contributed by atoms with E-state index in [1.807, 2.05) is 20.8 Å². The van der Waals surface area contributed by atoms with E-state index < -0.39 is 11.9 Å². The van der Waals surface area contributed by atoms with Crippen LogP contribution in [0.25, 0.3) is 0 Å². The maximum Gasteiger partial charge on any atom is 0.311 e. The molecule has 0 fully saturated rings. The molecule has 106 valence electrons. The molecule has 0 saturated carbocycles. The lowest BCUT2D eigenvalue weighted by Gasteiger charge is -2.20. The van der Waals surface area contributed by atoms with Gasteiger partial charge in [-0.3, -0.25) is 4.79 Å². The van der Waals surface area contributed by atoms with Gasteiger partial charge in [-0.05, 0) is 25.3 Å². The van der Waals surface area contributed by atoms with E-state index in [0.717, 1.165) is 5.56 Å². The fourth-order valence-electron chi connectivity index (χ4n) is 2.29. The smallest absolute Gasteiger partial charge is 0.311 e. The molecule has 0 amide bonds. The number of ether oxygens (including phenoxy) is 2. The molecule has 0 radical (unpaired) electrons. The Kier molecular flexibility index (Phi) is 5.21. The van der Waals surface area contributed by atoms with Gasteiger partial charge in [-0.1, -0.05) is 19.9 Å². The molecule has 0 aliphatic heterocycles. The molecule has 1 unspecified atom stereocenters. The molecule has 1 N–H and O–H groups in total. The highest BCUT2D eigenvalue weighted by atomic mass is 16.5. The number of methoxy groups -OCH3 is 2. The minimum absolute atomic E-state index is 0.299. The van der Waals surface area contributed by atoms with E-state index in [1.165, 1.54) is 0 Å². The second kappa shape index (κ2) is 6.45. The molecule has 0 aromatic heterocycles. The van der Waals surface area contributed by atoms with Crippen LogP contribution in [-0.2, 0) is 4.79 Å². The van der Waals surface area contributed by atoms with Gasteiger partial charge in [-0.25, -0.2) is 0 Å². The van der Waals surface area contributed by atoms with Crippen LogP contribution in [0.1, 0.15) is 37.3 Å². The third kappa shape index (κ3) is 3.40. The van der Waals surface area contributed by atoms with E-state index in [2.05, 4.69) is 0 Å². The topological polar surface area (TPSA) is 55.8 Å². The molecule has 0 heterocycles. The first-order chi connectivity index (χ1) is 8.92. The lowest BCUT2D eigenvalue weighted by molar-refractivity contribution is -0.139. The van der Waals surface area contributed by atoms with E-state index in [1.54, 1.807) is 26.4 Å². The maximum atomic E-state index is 11.5. The Labute approximate surface area is 114 Å². The van der Waals surface area contributed by atoms with E-state index in [9.17, 15) is 9.90 Å². The highest BCUT2D eigenvalue weighted by Crippen LogP contribution is 2.37. The number of rotatable bonds is 6. The first-order valence-electron chi connectivity index (χ1n) is 6.36. The van der Waals surface area contributed by atoms with Crippen LogP contribution in [0.4, 0.5) is 0 Å². The molecule has 1 aromatic carbocycles. The molecule has 0 spiro atoms. The van der Waals surface area contributed by atoms with Crippen molar-refractivity contribution in [3.63, 3.8) is 0 Å². The zero-order chi connectivity index (χ0) is 14.6. The summed E-state index contributed by atoms with van der Waals surface area (Å²) in [5, 5.41) is 9.43. The van der Waals surface area contributed by atoms with Gasteiger partial charge in [0.2, 0.25) is 0 Å². The minimum atomic E-state index is -0.823. The van der Waals surface area contributed by atoms with E-state index in [4.69, 9.17) is 9.47 Å². The van der Waals surface area contributed by atoms with Gasteiger partial charge in [-0.15, -0.1) is 0 Å². The summed E-state index contributed by atoms with van der Waals surface area (Å²) in [4.78, 5) is 11.5. The van der Waals surface area contributed by atoms with Gasteiger partial charge in [-0.2, -0.15) is 0 Å². The second-order valence-electron chi connectivity index (χ2n) is 5.04. The average Bonchev–Trinajstić information content (AvgIpc) is 2.35. The zero-order valence-electron chi connectivity index (χ0n) is 12.2. The Morgan fingerprint density at radius 1 is 1.26 bits per heavy atom. The normalized spacial score (nSPS) is 12.3. The number of benzene rings is 1. The Bertz CT molecular complexity index is 452. The summed E-state index contributed by atoms with van der Waals surface area (Å²) in [6.45, 7) is 5.90. The van der Waals surface area contributed by atoms with E-state index in [-0.39, 0.29) is 0 Å². The molecule has 1 atom stereocenters. The first kappa shape index (κ1) is 15.3. The molecule has 0 bridgehead atoms. The number of hydrogen-bond donors (Lipinski definition) is 1. The quantitative estimate of drug-likeness (QED) is 0.859. The molecule has 0 aliphatic rings. The Balaban J connectivity index is 3.30. The summed E-state index contributed by atoms with van der Waals surface area (Å²) in [5.74, 6) is 0.228. The van der Waals surface area contributed by atoms with Crippen LogP contribution in [0, 0.1) is 12.8 Å². The molecule has 1 rings (SSSR count). The summed E-state index contributed by atoms with van der Waals surface area (Å²) in [7, 11) is 3.14. The van der Waals surface area contributed by atoms with Crippen LogP contribution in [0.5, 0.6) is 11.5 Å². The number of carbonyl (C=O) groups is 1. The largest absolute Gasteiger partial charge is 0.496 e. The standard InChI is InChI=1S/C15H22O4/c1-9(2)8-12(15(16)17)11-6-7-13(18-4)10(3)14(11)19-5/h6-7,9,12H,8H2,1-5H3,(H,16,17). The number of aliphatic carboxylic acids is 1. The van der Waals surface area contributed by atoms with Gasteiger partial charge >= 0.3 is 5.97 Å². The van der Waals surface area contributed by atoms with Crippen molar-refractivity contribution in [2.75, 3.05) is 14.2 Å². The highest BCUT2D eigenvalue weighted by molar-refractivity contribution is 5.78. The van der Waals surface area contributed by atoms with Crippen molar-refractivity contribution in [3.05, 3.63) is 23.3 Å². The number of carboxylic acids is 1. The summed E-state index contributed by atoms with van der Waals surface area (Å²) in [6.07, 6.45) is 0.581. The van der Waals surface area contributed by atoms with Gasteiger partial charge in [0, 0.05) is 11.1 Å². The summed E-state index contributed by atoms with van der Waals surface area (Å²) in [5.41, 5.74) is 1.54. The molecule has 4 nitrogen and oxygen atoms in total. The maximum absolute atomic E-state index is 11.5. The molecule has 19 heavy (non-hydrogen) atoms. The van der Waals surface area contributed by atoms with Crippen LogP contribution >= 0.6 is 0 Å². The van der Waals surface area contributed by atoms with E-state index in [0.29, 0.717) is 29.4 Å². The van der Waals surface area contributed by atoms with Gasteiger partial charge in [0.05, 0.1) is 20.1 Å². The van der Waals surface area contributed by atoms with E-state index >= 15 is 0 Å². The molecular formula is C15H22O4. The SMILES string of the molecule is COc1ccc(C(CC(C)C)C(=O)O)c(OC)c1C. The summed E-state index contributed by atoms with van der Waals surface area (Å²) >= 11 is 0. The number of carboxylic acid groups (broad SMARTS) is 1. The predicted octanol–water partition coefficient (Wildman–Crippen LogP) is 3.23. The van der Waals surface area contributed by atoms with Crippen molar-refractivity contribution in [2.45, 2.75) is 33.1 Å². The van der Waals surface area contributed by atoms with Crippen LogP contribution < -0.4 is 9.47 Å². The molecule has 0 aliphatic carbocycles. The van der Waals surface area contributed by atoms with Crippen LogP contribution in [-0.4, -0.2) is 25.3 Å². The molecule has 0 saturated heterocycles. The average molecular weight is 266 g/mol. The lowest BCUT2D eigenvalue weighted by atomic mass is 9.88. The van der Waals surface area contributed by atoms with Crippen molar-refractivity contribution in [2.24, 2.45) is 5.92 Å². The van der Waals surface area contributed by atoms with Gasteiger partial charge in [0.25, 0.3) is 0 Å². The molecule has 4 heteroatoms. The van der Waals surface area contributed by atoms with Crippen molar-refractivity contribution in [3.8, 4) is 11.5 Å². The highest BCUT2D eigenvalue weighted by Gasteiger charge is 2.26. The summed E-state index contributed by atoms with van der Waals surface area (Å²) in [6, 6.07) is 3.58. The van der Waals surface area contributed by atoms with Crippen LogP contribution in [0.15, 0.2) is 12.1 Å². The van der Waals surface area contributed by atoms with Gasteiger partial charge < -0.3 is 14.6 Å². The number of hydrogen-bond acceptors (Lipinski definition) is 3. The van der Waals surface area contributed by atoms with Crippen LogP contribution in [0.3, 0.4) is 0 Å². The minimum Gasteiger partial charge on any atom is -0.496 e. The van der Waals surface area contributed by atoms with Crippen molar-refractivity contribution in [1.82, 2.24) is 0 Å². The lowest BCUT2D eigenvalue weighted by Crippen LogP contribution is -2.15. The molecule has 1 aromatic rings. The fourth-order valence-corrected chi connectivity index (χ4v) is 2.29.